The van der Waals surface area contributed by atoms with E-state index in [9.17, 15) is 9.59 Å². The Morgan fingerprint density at radius 3 is 2.89 bits per heavy atom. The summed E-state index contributed by atoms with van der Waals surface area (Å²) in [5.74, 6) is -0.346. The molecule has 0 unspecified atom stereocenters. The Bertz CT molecular complexity index is 651. The third kappa shape index (κ3) is 1.43. The molecule has 0 spiro atoms. The lowest BCUT2D eigenvalue weighted by molar-refractivity contribution is -0.110. The molecule has 2 aromatic rings. The fraction of sp³-hybridized carbons (Fsp3) is 0.333. The van der Waals surface area contributed by atoms with Crippen molar-refractivity contribution in [2.45, 2.75) is 26.2 Å². The van der Waals surface area contributed by atoms with Crippen LogP contribution in [0.4, 0.5) is 0 Å². The number of fused-ring (bicyclic) bond motifs is 2. The van der Waals surface area contributed by atoms with Gasteiger partial charge < -0.3 is 9.21 Å². The quantitative estimate of drug-likeness (QED) is 0.569. The van der Waals surface area contributed by atoms with Crippen molar-refractivity contribution < 1.29 is 14.0 Å². The number of aldehydes is 1. The lowest BCUT2D eigenvalue weighted by Crippen LogP contribution is -2.25. The Labute approximate surface area is 105 Å². The first-order valence-corrected chi connectivity index (χ1v) is 6.13. The minimum Gasteiger partial charge on any atom is -0.464 e. The van der Waals surface area contributed by atoms with E-state index in [0.717, 1.165) is 28.4 Å². The number of hydrogen-bond acceptors (Lipinski definition) is 3. The van der Waals surface area contributed by atoms with Crippen molar-refractivity contribution in [1.29, 1.82) is 0 Å². The van der Waals surface area contributed by atoms with Crippen LogP contribution in [-0.2, 0) is 4.79 Å². The fourth-order valence-electron chi connectivity index (χ4n) is 2.77. The topological polar surface area (TPSA) is 47.3 Å². The van der Waals surface area contributed by atoms with Gasteiger partial charge in [0.2, 0.25) is 0 Å². The van der Waals surface area contributed by atoms with Crippen molar-refractivity contribution in [3.8, 4) is 0 Å². The highest BCUT2D eigenvalue weighted by molar-refractivity contribution is 6.09. The Morgan fingerprint density at radius 1 is 1.39 bits per heavy atom. The van der Waals surface area contributed by atoms with Crippen molar-refractivity contribution in [2.75, 3.05) is 0 Å². The molecule has 2 atom stereocenters. The van der Waals surface area contributed by atoms with Gasteiger partial charge in [0.25, 0.3) is 0 Å². The summed E-state index contributed by atoms with van der Waals surface area (Å²) in [5.41, 5.74) is 3.48. The molecule has 1 aliphatic rings. The van der Waals surface area contributed by atoms with Gasteiger partial charge in [-0.2, -0.15) is 0 Å². The smallest absolute Gasteiger partial charge is 0.173 e. The molecule has 1 heterocycles. The van der Waals surface area contributed by atoms with E-state index >= 15 is 0 Å². The highest BCUT2D eigenvalue weighted by Gasteiger charge is 2.32. The van der Waals surface area contributed by atoms with Crippen molar-refractivity contribution in [1.82, 2.24) is 0 Å². The summed E-state index contributed by atoms with van der Waals surface area (Å²) in [6.45, 7) is 4.05. The second kappa shape index (κ2) is 3.80. The molecule has 3 heteroatoms. The first-order chi connectivity index (χ1) is 8.61. The van der Waals surface area contributed by atoms with Gasteiger partial charge in [-0.05, 0) is 42.5 Å². The van der Waals surface area contributed by atoms with Crippen molar-refractivity contribution in [2.24, 2.45) is 5.92 Å². The van der Waals surface area contributed by atoms with Crippen LogP contribution in [0, 0.1) is 12.8 Å². The number of hydrogen-bond donors (Lipinski definition) is 0. The normalized spacial score (nSPS) is 23.1. The number of rotatable bonds is 1. The number of aryl methyl sites for hydroxylation is 1. The second-order valence-electron chi connectivity index (χ2n) is 5.10. The monoisotopic (exact) mass is 242 g/mol. The van der Waals surface area contributed by atoms with Crippen LogP contribution in [0.25, 0.3) is 11.0 Å². The maximum absolute atomic E-state index is 12.2. The van der Waals surface area contributed by atoms with E-state index < -0.39 is 5.92 Å². The second-order valence-corrected chi connectivity index (χ2v) is 5.10. The largest absolute Gasteiger partial charge is 0.464 e. The maximum atomic E-state index is 12.2. The molecule has 1 aromatic carbocycles. The van der Waals surface area contributed by atoms with Crippen LogP contribution in [-0.4, -0.2) is 12.1 Å². The van der Waals surface area contributed by atoms with Crippen molar-refractivity contribution >= 4 is 23.0 Å². The third-order valence-electron chi connectivity index (χ3n) is 3.84. The summed E-state index contributed by atoms with van der Waals surface area (Å²) in [4.78, 5) is 23.1. The number of Topliss-reactive ketones (excluding diaryl/α,β-unsaturated/α-hetero) is 1. The summed E-state index contributed by atoms with van der Waals surface area (Å²) >= 11 is 0. The van der Waals surface area contributed by atoms with Crippen LogP contribution < -0.4 is 0 Å². The molecule has 3 rings (SSSR count). The zero-order chi connectivity index (χ0) is 12.9. The molecule has 1 aromatic heterocycles. The molecule has 0 fully saturated rings. The van der Waals surface area contributed by atoms with E-state index in [1.165, 1.54) is 0 Å². The van der Waals surface area contributed by atoms with E-state index in [4.69, 9.17) is 4.42 Å². The summed E-state index contributed by atoms with van der Waals surface area (Å²) in [7, 11) is 0. The third-order valence-corrected chi connectivity index (χ3v) is 3.84. The van der Waals surface area contributed by atoms with E-state index in [2.05, 4.69) is 6.92 Å². The zero-order valence-corrected chi connectivity index (χ0v) is 10.4. The first-order valence-electron chi connectivity index (χ1n) is 6.13. The fourth-order valence-corrected chi connectivity index (χ4v) is 2.77. The zero-order valence-electron chi connectivity index (χ0n) is 10.4. The van der Waals surface area contributed by atoms with Crippen molar-refractivity contribution in [3.05, 3.63) is 35.1 Å². The molecule has 3 nitrogen and oxygen atoms in total. The SMILES string of the molecule is Cc1coc2cc3c(cc12)[C@@H](C)C[C@H](C=O)C3=O. The van der Waals surface area contributed by atoms with Crippen LogP contribution >= 0.6 is 0 Å². The molecule has 0 bridgehead atoms. The Kier molecular flexibility index (Phi) is 2.37. The average molecular weight is 242 g/mol. The predicted molar refractivity (Wildman–Crippen MR) is 67.9 cm³/mol. The Balaban J connectivity index is 2.27. The molecule has 0 amide bonds. The highest BCUT2D eigenvalue weighted by Crippen LogP contribution is 2.37. The molecule has 0 saturated carbocycles. The lowest BCUT2D eigenvalue weighted by atomic mass is 9.77. The maximum Gasteiger partial charge on any atom is 0.173 e. The van der Waals surface area contributed by atoms with E-state index in [1.54, 1.807) is 12.3 Å². The first kappa shape index (κ1) is 11.2. The number of benzene rings is 1. The number of carbonyl (C=O) groups is 2. The summed E-state index contributed by atoms with van der Waals surface area (Å²) in [6.07, 6.45) is 3.07. The van der Waals surface area contributed by atoms with Crippen LogP contribution in [0.1, 0.15) is 40.7 Å². The number of ketones is 1. The van der Waals surface area contributed by atoms with E-state index in [-0.39, 0.29) is 11.7 Å². The van der Waals surface area contributed by atoms with Gasteiger partial charge in [0.15, 0.2) is 5.78 Å². The molecule has 18 heavy (non-hydrogen) atoms. The molecule has 0 N–H and O–H groups in total. The van der Waals surface area contributed by atoms with Crippen LogP contribution in [0.5, 0.6) is 0 Å². The number of carbonyl (C=O) groups excluding carboxylic acids is 2. The molecular formula is C15H14O3. The average Bonchev–Trinajstić information content (AvgIpc) is 2.73. The molecule has 0 saturated heterocycles. The van der Waals surface area contributed by atoms with Crippen LogP contribution in [0.3, 0.4) is 0 Å². The van der Waals surface area contributed by atoms with Gasteiger partial charge in [-0.3, -0.25) is 4.79 Å². The van der Waals surface area contributed by atoms with Gasteiger partial charge in [-0.25, -0.2) is 0 Å². The standard InChI is InChI=1S/C15H14O3/c1-8-3-10(6-16)15(17)13-5-14-12(4-11(8)13)9(2)7-18-14/h4-8,10H,3H2,1-2H3/t8-,10+/m0/s1. The minimum atomic E-state index is -0.499. The Morgan fingerprint density at radius 2 is 2.17 bits per heavy atom. The van der Waals surface area contributed by atoms with Crippen molar-refractivity contribution in [3.63, 3.8) is 0 Å². The van der Waals surface area contributed by atoms with Gasteiger partial charge in [0.1, 0.15) is 11.9 Å². The molecule has 0 radical (unpaired) electrons. The number of furan rings is 1. The molecule has 0 aliphatic heterocycles. The molecule has 92 valence electrons. The molecule has 1 aliphatic carbocycles. The summed E-state index contributed by atoms with van der Waals surface area (Å²) in [5, 5.41) is 1.05. The van der Waals surface area contributed by atoms with Gasteiger partial charge >= 0.3 is 0 Å². The Hall–Kier alpha value is -1.90. The van der Waals surface area contributed by atoms with Crippen LogP contribution in [0.15, 0.2) is 22.8 Å². The minimum absolute atomic E-state index is 0.0750. The van der Waals surface area contributed by atoms with Crippen LogP contribution in [0.2, 0.25) is 0 Å². The van der Waals surface area contributed by atoms with E-state index in [1.807, 2.05) is 13.0 Å². The highest BCUT2D eigenvalue weighted by atomic mass is 16.3. The lowest BCUT2D eigenvalue weighted by Gasteiger charge is -2.25. The summed E-state index contributed by atoms with van der Waals surface area (Å²) < 4.78 is 5.43. The predicted octanol–water partition coefficient (Wildman–Crippen LogP) is 3.25. The van der Waals surface area contributed by atoms with Gasteiger partial charge in [0, 0.05) is 10.9 Å². The molecular weight excluding hydrogens is 228 g/mol. The van der Waals surface area contributed by atoms with Gasteiger partial charge in [-0.1, -0.05) is 6.92 Å². The summed E-state index contributed by atoms with van der Waals surface area (Å²) in [6, 6.07) is 3.82. The van der Waals surface area contributed by atoms with Gasteiger partial charge in [-0.15, -0.1) is 0 Å². The van der Waals surface area contributed by atoms with Gasteiger partial charge in [0.05, 0.1) is 12.2 Å². The van der Waals surface area contributed by atoms with E-state index in [0.29, 0.717) is 12.0 Å².